The largest absolute Gasteiger partial charge is 0.392 e. The Kier molecular flexibility index (Phi) is 4.62. The van der Waals surface area contributed by atoms with Gasteiger partial charge in [-0.3, -0.25) is 9.59 Å². The highest BCUT2D eigenvalue weighted by atomic mass is 32.1. The van der Waals surface area contributed by atoms with Gasteiger partial charge in [0.05, 0.1) is 10.4 Å². The Morgan fingerprint density at radius 2 is 1.95 bits per heavy atom. The van der Waals surface area contributed by atoms with E-state index in [2.05, 4.69) is 12.2 Å². The summed E-state index contributed by atoms with van der Waals surface area (Å²) >= 11 is 5.04. The minimum absolute atomic E-state index is 0.114. The van der Waals surface area contributed by atoms with Gasteiger partial charge in [0.15, 0.2) is 0 Å². The summed E-state index contributed by atoms with van der Waals surface area (Å²) < 4.78 is 0. The fourth-order valence-electron chi connectivity index (χ4n) is 3.21. The van der Waals surface area contributed by atoms with Gasteiger partial charge in [-0.2, -0.15) is 0 Å². The highest BCUT2D eigenvalue weighted by Crippen LogP contribution is 2.45. The van der Waals surface area contributed by atoms with Crippen molar-refractivity contribution >= 4 is 29.0 Å². The van der Waals surface area contributed by atoms with Crippen molar-refractivity contribution in [1.82, 2.24) is 10.2 Å². The Balaban J connectivity index is 1.77. The van der Waals surface area contributed by atoms with E-state index in [-0.39, 0.29) is 16.8 Å². The topological polar surface area (TPSA) is 75.4 Å². The number of nitrogens with zero attached hydrogens (tertiary/aromatic N) is 1. The van der Waals surface area contributed by atoms with Crippen LogP contribution in [0.1, 0.15) is 39.0 Å². The third kappa shape index (κ3) is 2.95. The van der Waals surface area contributed by atoms with Crippen LogP contribution in [0.5, 0.6) is 0 Å². The van der Waals surface area contributed by atoms with Crippen molar-refractivity contribution in [3.63, 3.8) is 0 Å². The predicted octanol–water partition coefficient (Wildman–Crippen LogP) is 0.818. The normalized spacial score (nSPS) is 28.9. The molecule has 3 N–H and O–H groups in total. The van der Waals surface area contributed by atoms with Crippen LogP contribution in [-0.4, -0.2) is 41.3 Å². The molecule has 0 unspecified atom stereocenters. The molecule has 2 amide bonds. The molecule has 0 aromatic rings. The van der Waals surface area contributed by atoms with Crippen molar-refractivity contribution in [3.05, 3.63) is 0 Å². The maximum absolute atomic E-state index is 12.2. The minimum atomic E-state index is -0.675. The van der Waals surface area contributed by atoms with E-state index in [0.717, 1.165) is 25.9 Å². The van der Waals surface area contributed by atoms with E-state index in [1.165, 1.54) is 0 Å². The van der Waals surface area contributed by atoms with Crippen LogP contribution < -0.4 is 11.1 Å². The maximum atomic E-state index is 12.2. The van der Waals surface area contributed by atoms with E-state index in [4.69, 9.17) is 18.0 Å². The van der Waals surface area contributed by atoms with Gasteiger partial charge in [-0.25, -0.2) is 0 Å². The van der Waals surface area contributed by atoms with Gasteiger partial charge < -0.3 is 16.0 Å². The van der Waals surface area contributed by atoms with Crippen LogP contribution in [-0.2, 0) is 9.59 Å². The smallest absolute Gasteiger partial charge is 0.233 e. The van der Waals surface area contributed by atoms with E-state index in [0.29, 0.717) is 31.7 Å². The van der Waals surface area contributed by atoms with Gasteiger partial charge in [-0.15, -0.1) is 0 Å². The molecule has 2 rings (SSSR count). The Morgan fingerprint density at radius 3 is 2.45 bits per heavy atom. The fourth-order valence-corrected chi connectivity index (χ4v) is 3.46. The van der Waals surface area contributed by atoms with E-state index in [1.54, 1.807) is 0 Å². The number of carbonyl (C=O) groups is 2. The minimum Gasteiger partial charge on any atom is -0.392 e. The maximum Gasteiger partial charge on any atom is 0.233 e. The van der Waals surface area contributed by atoms with Gasteiger partial charge in [-0.1, -0.05) is 19.1 Å². The first-order valence-electron chi connectivity index (χ1n) is 7.32. The predicted molar refractivity (Wildman–Crippen MR) is 81.1 cm³/mol. The zero-order valence-corrected chi connectivity index (χ0v) is 12.8. The van der Waals surface area contributed by atoms with E-state index >= 15 is 0 Å². The summed E-state index contributed by atoms with van der Waals surface area (Å²) in [4.78, 5) is 26.2. The standard InChI is InChI=1S/C14H23N3O2S/c1-10-8-14(9-10,12(15)20)13(19)16-5-4-11(18)17-6-2-3-7-17/h10H,2-9H2,1H3,(H2,15,20)(H,16,19). The van der Waals surface area contributed by atoms with E-state index in [9.17, 15) is 9.59 Å². The average molecular weight is 297 g/mol. The summed E-state index contributed by atoms with van der Waals surface area (Å²) in [6, 6.07) is 0. The molecule has 0 atom stereocenters. The first kappa shape index (κ1) is 15.2. The molecule has 20 heavy (non-hydrogen) atoms. The molecule has 0 aromatic carbocycles. The van der Waals surface area contributed by atoms with Crippen molar-refractivity contribution in [3.8, 4) is 0 Å². The molecule has 0 bridgehead atoms. The second-order valence-electron chi connectivity index (χ2n) is 6.05. The molecule has 1 saturated heterocycles. The Labute approximate surface area is 125 Å². The zero-order valence-electron chi connectivity index (χ0n) is 12.0. The fraction of sp³-hybridized carbons (Fsp3) is 0.786. The van der Waals surface area contributed by atoms with Crippen LogP contribution >= 0.6 is 12.2 Å². The number of carbonyl (C=O) groups excluding carboxylic acids is 2. The van der Waals surface area contributed by atoms with Crippen LogP contribution in [0.25, 0.3) is 0 Å². The second kappa shape index (κ2) is 6.08. The number of nitrogens with one attached hydrogen (secondary N) is 1. The lowest BCUT2D eigenvalue weighted by Gasteiger charge is -2.44. The number of hydrogen-bond donors (Lipinski definition) is 2. The second-order valence-corrected chi connectivity index (χ2v) is 6.49. The van der Waals surface area contributed by atoms with Crippen molar-refractivity contribution in [2.75, 3.05) is 19.6 Å². The van der Waals surface area contributed by atoms with Crippen molar-refractivity contribution in [1.29, 1.82) is 0 Å². The number of nitrogens with two attached hydrogens (primary N) is 1. The van der Waals surface area contributed by atoms with Gasteiger partial charge in [0, 0.05) is 26.1 Å². The first-order chi connectivity index (χ1) is 9.45. The van der Waals surface area contributed by atoms with E-state index in [1.807, 2.05) is 4.90 Å². The monoisotopic (exact) mass is 297 g/mol. The zero-order chi connectivity index (χ0) is 14.8. The van der Waals surface area contributed by atoms with Crippen LogP contribution in [0.15, 0.2) is 0 Å². The molecular formula is C14H23N3O2S. The third-order valence-corrected chi connectivity index (χ3v) is 4.77. The molecule has 2 aliphatic rings. The number of hydrogen-bond acceptors (Lipinski definition) is 3. The van der Waals surface area contributed by atoms with Gasteiger partial charge in [0.25, 0.3) is 0 Å². The molecule has 6 heteroatoms. The SMILES string of the molecule is CC1CC(C(=O)NCCC(=O)N2CCCC2)(C(N)=S)C1. The van der Waals surface area contributed by atoms with Crippen molar-refractivity contribution < 1.29 is 9.59 Å². The molecular weight excluding hydrogens is 274 g/mol. The lowest BCUT2D eigenvalue weighted by molar-refractivity contribution is -0.133. The first-order valence-corrected chi connectivity index (χ1v) is 7.72. The summed E-state index contributed by atoms with van der Waals surface area (Å²) in [5.74, 6) is 0.486. The number of likely N-dealkylation sites (tertiary alicyclic amines) is 1. The molecule has 0 radical (unpaired) electrons. The number of amides is 2. The van der Waals surface area contributed by atoms with Crippen LogP contribution in [0.3, 0.4) is 0 Å². The van der Waals surface area contributed by atoms with Crippen molar-refractivity contribution in [2.24, 2.45) is 17.1 Å². The molecule has 0 spiro atoms. The molecule has 5 nitrogen and oxygen atoms in total. The third-order valence-electron chi connectivity index (χ3n) is 4.38. The molecule has 1 aliphatic heterocycles. The lowest BCUT2D eigenvalue weighted by Crippen LogP contribution is -2.56. The molecule has 2 fully saturated rings. The summed E-state index contributed by atoms with van der Waals surface area (Å²) in [6.07, 6.45) is 3.96. The number of thiocarbonyl (C=S) groups is 1. The molecule has 112 valence electrons. The van der Waals surface area contributed by atoms with E-state index < -0.39 is 5.41 Å². The lowest BCUT2D eigenvalue weighted by atomic mass is 9.62. The van der Waals surface area contributed by atoms with Crippen LogP contribution in [0.4, 0.5) is 0 Å². The highest BCUT2D eigenvalue weighted by molar-refractivity contribution is 7.80. The molecule has 0 aromatic heterocycles. The molecule has 1 aliphatic carbocycles. The Hall–Kier alpha value is -1.17. The van der Waals surface area contributed by atoms with Gasteiger partial charge in [0.2, 0.25) is 11.8 Å². The summed E-state index contributed by atoms with van der Waals surface area (Å²) in [6.45, 7) is 4.15. The van der Waals surface area contributed by atoms with Crippen LogP contribution in [0.2, 0.25) is 0 Å². The summed E-state index contributed by atoms with van der Waals surface area (Å²) in [5.41, 5.74) is 5.05. The van der Waals surface area contributed by atoms with Gasteiger partial charge >= 0.3 is 0 Å². The van der Waals surface area contributed by atoms with Crippen LogP contribution in [0, 0.1) is 11.3 Å². The highest BCUT2D eigenvalue weighted by Gasteiger charge is 2.50. The average Bonchev–Trinajstić information content (AvgIpc) is 2.87. The molecule has 1 heterocycles. The number of rotatable bonds is 5. The Morgan fingerprint density at radius 1 is 1.35 bits per heavy atom. The van der Waals surface area contributed by atoms with Gasteiger partial charge in [0.1, 0.15) is 0 Å². The Bertz CT molecular complexity index is 413. The quantitative estimate of drug-likeness (QED) is 0.737. The molecule has 1 saturated carbocycles. The van der Waals surface area contributed by atoms with Crippen molar-refractivity contribution in [2.45, 2.75) is 39.0 Å². The summed E-state index contributed by atoms with van der Waals surface area (Å²) in [7, 11) is 0. The summed E-state index contributed by atoms with van der Waals surface area (Å²) in [5, 5.41) is 2.83. The van der Waals surface area contributed by atoms with Gasteiger partial charge in [-0.05, 0) is 31.6 Å².